The average Bonchev–Trinajstić information content (AvgIpc) is 3.03. The molecule has 1 unspecified atom stereocenters. The molecule has 1 aliphatic rings. The van der Waals surface area contributed by atoms with E-state index < -0.39 is 18.3 Å². The molecule has 2 aromatic rings. The van der Waals surface area contributed by atoms with Crippen LogP contribution < -0.4 is 0 Å². The summed E-state index contributed by atoms with van der Waals surface area (Å²) < 4.78 is 17.2. The number of aromatic amines is 1. The molecule has 3 rings (SSSR count). The number of nitrogens with zero attached hydrogens (tertiary/aromatic N) is 1. The summed E-state index contributed by atoms with van der Waals surface area (Å²) in [5.74, 6) is -0.579. The second kappa shape index (κ2) is 5.90. The molecule has 128 valence electrons. The molecule has 1 fully saturated rings. The predicted molar refractivity (Wildman–Crippen MR) is 91.5 cm³/mol. The number of fused-ring (bicyclic) bond motifs is 1. The fourth-order valence-electron chi connectivity index (χ4n) is 2.95. The van der Waals surface area contributed by atoms with Crippen LogP contribution in [-0.2, 0) is 18.8 Å². The van der Waals surface area contributed by atoms with E-state index in [1.54, 1.807) is 6.20 Å². The lowest BCUT2D eigenvalue weighted by atomic mass is 9.66. The molecular weight excluding hydrogens is 307 g/mol. The third kappa shape index (κ3) is 2.82. The Morgan fingerprint density at radius 2 is 2.00 bits per heavy atom. The fourth-order valence-corrected chi connectivity index (χ4v) is 2.95. The molecule has 0 spiro atoms. The number of methoxy groups -OCH3 is 1. The van der Waals surface area contributed by atoms with Crippen molar-refractivity contribution in [1.29, 1.82) is 0 Å². The average molecular weight is 330 g/mol. The van der Waals surface area contributed by atoms with Gasteiger partial charge in [0.2, 0.25) is 0 Å². The highest BCUT2D eigenvalue weighted by Gasteiger charge is 2.54. The molecule has 7 heteroatoms. The largest absolute Gasteiger partial charge is 0.469 e. The zero-order valence-electron chi connectivity index (χ0n) is 14.8. The second-order valence-corrected chi connectivity index (χ2v) is 7.16. The first-order valence-corrected chi connectivity index (χ1v) is 8.09. The Kier molecular flexibility index (Phi) is 4.17. The zero-order chi connectivity index (χ0) is 17.5. The van der Waals surface area contributed by atoms with E-state index in [2.05, 4.69) is 9.97 Å². The molecule has 0 saturated carbocycles. The van der Waals surface area contributed by atoms with Gasteiger partial charge in [-0.05, 0) is 45.4 Å². The molecule has 0 radical (unpaired) electrons. The predicted octanol–water partition coefficient (Wildman–Crippen LogP) is 2.84. The third-order valence-corrected chi connectivity index (χ3v) is 5.10. The Labute approximate surface area is 142 Å². The number of nitrogens with one attached hydrogen (secondary N) is 1. The Morgan fingerprint density at radius 1 is 1.33 bits per heavy atom. The summed E-state index contributed by atoms with van der Waals surface area (Å²) in [6, 6.07) is 3.85. The van der Waals surface area contributed by atoms with Gasteiger partial charge in [-0.25, -0.2) is 4.98 Å². The first-order valence-electron chi connectivity index (χ1n) is 8.09. The molecule has 0 aromatic carbocycles. The van der Waals surface area contributed by atoms with Crippen molar-refractivity contribution < 1.29 is 18.8 Å². The standard InChI is InChI=1S/C17H23BN2O4/c1-16(2)17(3,4)24-18(23-16)13(9-14(21)22-5)12-10-20-15-11(12)7-6-8-19-15/h6-8,10,13H,9H2,1-5H3,(H,19,20). The quantitative estimate of drug-likeness (QED) is 0.689. The first-order chi connectivity index (χ1) is 11.2. The van der Waals surface area contributed by atoms with E-state index in [-0.39, 0.29) is 18.2 Å². The van der Waals surface area contributed by atoms with Crippen LogP contribution in [-0.4, -0.2) is 41.4 Å². The number of ether oxygens (including phenoxy) is 1. The summed E-state index contributed by atoms with van der Waals surface area (Å²) in [5.41, 5.74) is 0.799. The minimum atomic E-state index is -0.534. The lowest BCUT2D eigenvalue weighted by Gasteiger charge is -2.32. The molecule has 0 bridgehead atoms. The van der Waals surface area contributed by atoms with Gasteiger partial charge in [0.25, 0.3) is 0 Å². The number of rotatable bonds is 4. The van der Waals surface area contributed by atoms with Crippen LogP contribution in [0, 0.1) is 0 Å². The number of hydrogen-bond donors (Lipinski definition) is 1. The molecule has 6 nitrogen and oxygen atoms in total. The molecular formula is C17H23BN2O4. The van der Waals surface area contributed by atoms with E-state index in [0.717, 1.165) is 16.6 Å². The number of hydrogen-bond acceptors (Lipinski definition) is 5. The minimum absolute atomic E-state index is 0.176. The van der Waals surface area contributed by atoms with Crippen molar-refractivity contribution >= 4 is 24.1 Å². The van der Waals surface area contributed by atoms with Crippen molar-refractivity contribution in [3.63, 3.8) is 0 Å². The minimum Gasteiger partial charge on any atom is -0.469 e. The van der Waals surface area contributed by atoms with Gasteiger partial charge in [0, 0.05) is 23.6 Å². The Hall–Kier alpha value is -1.86. The van der Waals surface area contributed by atoms with Crippen molar-refractivity contribution in [1.82, 2.24) is 9.97 Å². The van der Waals surface area contributed by atoms with Crippen LogP contribution in [0.5, 0.6) is 0 Å². The summed E-state index contributed by atoms with van der Waals surface area (Å²) in [5, 5.41) is 0.959. The normalized spacial score (nSPS) is 20.3. The van der Waals surface area contributed by atoms with Gasteiger partial charge in [0.05, 0.1) is 24.7 Å². The summed E-state index contributed by atoms with van der Waals surface area (Å²) in [6.45, 7) is 8.00. The van der Waals surface area contributed by atoms with Gasteiger partial charge in [-0.2, -0.15) is 0 Å². The van der Waals surface area contributed by atoms with Crippen LogP contribution in [0.15, 0.2) is 24.5 Å². The number of esters is 1. The molecule has 3 heterocycles. The van der Waals surface area contributed by atoms with E-state index in [4.69, 9.17) is 14.0 Å². The van der Waals surface area contributed by atoms with Crippen LogP contribution in [0.1, 0.15) is 45.5 Å². The molecule has 0 amide bonds. The number of aromatic nitrogens is 2. The van der Waals surface area contributed by atoms with Crippen LogP contribution >= 0.6 is 0 Å². The highest BCUT2D eigenvalue weighted by Crippen LogP contribution is 2.42. The van der Waals surface area contributed by atoms with Crippen LogP contribution in [0.25, 0.3) is 11.0 Å². The van der Waals surface area contributed by atoms with Crippen molar-refractivity contribution in [3.05, 3.63) is 30.1 Å². The number of pyridine rings is 1. The van der Waals surface area contributed by atoms with Gasteiger partial charge >= 0.3 is 13.1 Å². The third-order valence-electron chi connectivity index (χ3n) is 5.10. The maximum Gasteiger partial charge on any atom is 0.466 e. The Balaban J connectivity index is 2.00. The van der Waals surface area contributed by atoms with Gasteiger partial charge in [0.15, 0.2) is 0 Å². The van der Waals surface area contributed by atoms with Gasteiger partial charge in [-0.15, -0.1) is 0 Å². The SMILES string of the molecule is COC(=O)CC(B1OC(C)(C)C(C)(C)O1)c1c[nH]c2ncccc12. The van der Waals surface area contributed by atoms with E-state index in [1.165, 1.54) is 7.11 Å². The maximum atomic E-state index is 12.0. The monoisotopic (exact) mass is 330 g/mol. The summed E-state index contributed by atoms with van der Waals surface area (Å²) >= 11 is 0. The number of H-pyrrole nitrogens is 1. The van der Waals surface area contributed by atoms with Crippen LogP contribution in [0.2, 0.25) is 0 Å². The molecule has 24 heavy (non-hydrogen) atoms. The molecule has 1 saturated heterocycles. The van der Waals surface area contributed by atoms with Crippen LogP contribution in [0.3, 0.4) is 0 Å². The number of carbonyl (C=O) groups excluding carboxylic acids is 1. The van der Waals surface area contributed by atoms with Crippen molar-refractivity contribution in [2.75, 3.05) is 7.11 Å². The van der Waals surface area contributed by atoms with E-state index in [1.807, 2.05) is 46.0 Å². The van der Waals surface area contributed by atoms with Gasteiger partial charge in [-0.1, -0.05) is 0 Å². The Morgan fingerprint density at radius 3 is 2.62 bits per heavy atom. The first kappa shape index (κ1) is 17.0. The van der Waals surface area contributed by atoms with Crippen molar-refractivity contribution in [3.8, 4) is 0 Å². The highest BCUT2D eigenvalue weighted by atomic mass is 16.7. The van der Waals surface area contributed by atoms with Crippen molar-refractivity contribution in [2.45, 2.75) is 51.1 Å². The van der Waals surface area contributed by atoms with Gasteiger partial charge in [0.1, 0.15) is 5.65 Å². The van der Waals surface area contributed by atoms with Crippen molar-refractivity contribution in [2.24, 2.45) is 0 Å². The topological polar surface area (TPSA) is 73.4 Å². The van der Waals surface area contributed by atoms with E-state index >= 15 is 0 Å². The van der Waals surface area contributed by atoms with E-state index in [0.29, 0.717) is 0 Å². The highest BCUT2D eigenvalue weighted by molar-refractivity contribution is 6.48. The lowest BCUT2D eigenvalue weighted by Crippen LogP contribution is -2.41. The molecule has 2 aromatic heterocycles. The zero-order valence-corrected chi connectivity index (χ0v) is 14.8. The molecule has 0 aliphatic carbocycles. The lowest BCUT2D eigenvalue weighted by molar-refractivity contribution is -0.140. The number of carbonyl (C=O) groups is 1. The smallest absolute Gasteiger partial charge is 0.466 e. The Bertz CT molecular complexity index is 740. The van der Waals surface area contributed by atoms with Crippen LogP contribution in [0.4, 0.5) is 0 Å². The second-order valence-electron chi connectivity index (χ2n) is 7.16. The summed E-state index contributed by atoms with van der Waals surface area (Å²) in [6.07, 6.45) is 3.78. The molecule has 1 aliphatic heterocycles. The van der Waals surface area contributed by atoms with Gasteiger partial charge < -0.3 is 19.0 Å². The molecule has 1 N–H and O–H groups in total. The molecule has 1 atom stereocenters. The summed E-state index contributed by atoms with van der Waals surface area (Å²) in [4.78, 5) is 19.4. The fraction of sp³-hybridized carbons (Fsp3) is 0.529. The van der Waals surface area contributed by atoms with E-state index in [9.17, 15) is 4.79 Å². The summed E-state index contributed by atoms with van der Waals surface area (Å²) in [7, 11) is 0.855. The van der Waals surface area contributed by atoms with Gasteiger partial charge in [-0.3, -0.25) is 4.79 Å². The maximum absolute atomic E-state index is 12.0.